The van der Waals surface area contributed by atoms with Crippen LogP contribution in [0.5, 0.6) is 0 Å². The second kappa shape index (κ2) is 8.80. The molecule has 1 aliphatic carbocycles. The summed E-state index contributed by atoms with van der Waals surface area (Å²) in [6, 6.07) is 8.26. The third-order valence-corrected chi connectivity index (χ3v) is 6.91. The molecule has 0 heterocycles. The largest absolute Gasteiger partial charge is 0.378 e. The highest BCUT2D eigenvalue weighted by Gasteiger charge is 2.27. The molecule has 0 bridgehead atoms. The molecule has 24 heavy (non-hydrogen) atoms. The van der Waals surface area contributed by atoms with E-state index >= 15 is 0 Å². The van der Waals surface area contributed by atoms with Gasteiger partial charge in [0.25, 0.3) is 0 Å². The van der Waals surface area contributed by atoms with Crippen molar-refractivity contribution < 1.29 is 9.00 Å². The molecule has 0 saturated heterocycles. The highest BCUT2D eigenvalue weighted by atomic mass is 32.2. The number of carbonyl (C=O) groups excluding carboxylic acids is 1. The molecule has 0 radical (unpaired) electrons. The third-order valence-electron chi connectivity index (χ3n) is 5.06. The van der Waals surface area contributed by atoms with Crippen molar-refractivity contribution in [3.8, 4) is 0 Å². The maximum absolute atomic E-state index is 12.6. The van der Waals surface area contributed by atoms with Crippen molar-refractivity contribution in [2.75, 3.05) is 24.7 Å². The lowest BCUT2D eigenvalue weighted by molar-refractivity contribution is -0.123. The van der Waals surface area contributed by atoms with Crippen molar-refractivity contribution in [2.45, 2.75) is 51.2 Å². The summed E-state index contributed by atoms with van der Waals surface area (Å²) >= 11 is 0. The molecular formula is C20H31NO2S. The number of rotatable bonds is 7. The minimum Gasteiger partial charge on any atom is -0.378 e. The number of Topliss-reactive ketones (excluding diaryl/α,β-unsaturated/α-hetero) is 1. The standard InChI is InChI=1S/C20H31NO2S/c1-15(2)24(23)14-17-5-9-18(10-6-17)20(22)13-16-7-11-19(12-8-16)21(3)4/h7-8,11-12,15,17-18H,5-6,9-10,13-14H2,1-4H3. The molecule has 1 saturated carbocycles. The molecule has 134 valence electrons. The van der Waals surface area contributed by atoms with Crippen LogP contribution >= 0.6 is 0 Å². The van der Waals surface area contributed by atoms with Crippen molar-refractivity contribution in [3.05, 3.63) is 29.8 Å². The lowest BCUT2D eigenvalue weighted by atomic mass is 9.79. The fraction of sp³-hybridized carbons (Fsp3) is 0.650. The summed E-state index contributed by atoms with van der Waals surface area (Å²) in [7, 11) is 3.32. The van der Waals surface area contributed by atoms with Crippen LogP contribution in [0, 0.1) is 11.8 Å². The first-order valence-electron chi connectivity index (χ1n) is 9.03. The van der Waals surface area contributed by atoms with Crippen LogP contribution in [-0.4, -0.2) is 35.1 Å². The molecule has 0 spiro atoms. The summed E-state index contributed by atoms with van der Waals surface area (Å²) in [5, 5.41) is 0.245. The normalized spacial score (nSPS) is 22.4. The van der Waals surface area contributed by atoms with Crippen LogP contribution in [0.3, 0.4) is 0 Å². The topological polar surface area (TPSA) is 37.4 Å². The Bertz CT molecular complexity index is 558. The predicted octanol–water partition coefficient (Wildman–Crippen LogP) is 3.83. The average Bonchev–Trinajstić information content (AvgIpc) is 2.55. The van der Waals surface area contributed by atoms with E-state index < -0.39 is 10.8 Å². The van der Waals surface area contributed by atoms with Gasteiger partial charge in [-0.1, -0.05) is 26.0 Å². The Kier molecular flexibility index (Phi) is 7.02. The Hall–Kier alpha value is -1.16. The minimum atomic E-state index is -0.718. The monoisotopic (exact) mass is 349 g/mol. The number of ketones is 1. The van der Waals surface area contributed by atoms with E-state index in [-0.39, 0.29) is 11.2 Å². The van der Waals surface area contributed by atoms with Crippen LogP contribution in [0.25, 0.3) is 0 Å². The van der Waals surface area contributed by atoms with Crippen LogP contribution in [0.4, 0.5) is 5.69 Å². The zero-order chi connectivity index (χ0) is 17.7. The first kappa shape index (κ1) is 19.2. The SMILES string of the molecule is CC(C)S(=O)CC1CCC(C(=O)Cc2ccc(N(C)C)cc2)CC1. The lowest BCUT2D eigenvalue weighted by Gasteiger charge is -2.28. The Labute approximate surface area is 149 Å². The summed E-state index contributed by atoms with van der Waals surface area (Å²) < 4.78 is 12.0. The van der Waals surface area contributed by atoms with Gasteiger partial charge in [-0.2, -0.15) is 0 Å². The van der Waals surface area contributed by atoms with Crippen molar-refractivity contribution in [3.63, 3.8) is 0 Å². The van der Waals surface area contributed by atoms with Gasteiger partial charge in [0.15, 0.2) is 0 Å². The zero-order valence-corrected chi connectivity index (χ0v) is 16.3. The molecule has 0 aromatic heterocycles. The van der Waals surface area contributed by atoms with Gasteiger partial charge in [-0.3, -0.25) is 9.00 Å². The van der Waals surface area contributed by atoms with Crippen LogP contribution in [-0.2, 0) is 22.0 Å². The van der Waals surface area contributed by atoms with Crippen molar-refractivity contribution >= 4 is 22.3 Å². The van der Waals surface area contributed by atoms with E-state index in [2.05, 4.69) is 29.2 Å². The molecule has 1 aliphatic rings. The summed E-state index contributed by atoms with van der Waals surface area (Å²) in [5.74, 6) is 1.92. The van der Waals surface area contributed by atoms with Crippen molar-refractivity contribution in [2.24, 2.45) is 11.8 Å². The fourth-order valence-corrected chi connectivity index (χ4v) is 4.52. The second-order valence-corrected chi connectivity index (χ2v) is 9.56. The summed E-state index contributed by atoms with van der Waals surface area (Å²) in [6.07, 6.45) is 4.58. The maximum atomic E-state index is 12.6. The van der Waals surface area contributed by atoms with Crippen LogP contribution in [0.2, 0.25) is 0 Å². The molecule has 0 aliphatic heterocycles. The van der Waals surface area contributed by atoms with Crippen LogP contribution in [0.15, 0.2) is 24.3 Å². The summed E-state index contributed by atoms with van der Waals surface area (Å²) in [6.45, 7) is 4.04. The van der Waals surface area contributed by atoms with Crippen LogP contribution < -0.4 is 4.90 Å². The van der Waals surface area contributed by atoms with Gasteiger partial charge < -0.3 is 4.90 Å². The van der Waals surface area contributed by atoms with Crippen molar-refractivity contribution in [1.82, 2.24) is 0 Å². The molecule has 2 rings (SSSR count). The molecule has 1 unspecified atom stereocenters. The fourth-order valence-electron chi connectivity index (χ4n) is 3.33. The van der Waals surface area contributed by atoms with E-state index in [0.717, 1.165) is 42.7 Å². The van der Waals surface area contributed by atoms with Gasteiger partial charge in [0.2, 0.25) is 0 Å². The number of benzene rings is 1. The zero-order valence-electron chi connectivity index (χ0n) is 15.5. The van der Waals surface area contributed by atoms with Gasteiger partial charge in [0, 0.05) is 53.9 Å². The van der Waals surface area contributed by atoms with E-state index in [0.29, 0.717) is 18.1 Å². The van der Waals surface area contributed by atoms with E-state index in [9.17, 15) is 9.00 Å². The van der Waals surface area contributed by atoms with Gasteiger partial charge in [0.1, 0.15) is 5.78 Å². The molecule has 4 heteroatoms. The molecule has 1 aromatic carbocycles. The molecule has 1 fully saturated rings. The lowest BCUT2D eigenvalue weighted by Crippen LogP contribution is -2.26. The van der Waals surface area contributed by atoms with Crippen molar-refractivity contribution in [1.29, 1.82) is 0 Å². The summed E-state index contributed by atoms with van der Waals surface area (Å²) in [5.41, 5.74) is 2.26. The minimum absolute atomic E-state index is 0.197. The number of hydrogen-bond donors (Lipinski definition) is 0. The van der Waals surface area contributed by atoms with Gasteiger partial charge >= 0.3 is 0 Å². The molecule has 1 aromatic rings. The van der Waals surface area contributed by atoms with Gasteiger partial charge in [-0.25, -0.2) is 0 Å². The summed E-state index contributed by atoms with van der Waals surface area (Å²) in [4.78, 5) is 14.6. The highest BCUT2D eigenvalue weighted by Crippen LogP contribution is 2.31. The van der Waals surface area contributed by atoms with Gasteiger partial charge in [0.05, 0.1) is 0 Å². The number of anilines is 1. The number of nitrogens with zero attached hydrogens (tertiary/aromatic N) is 1. The highest BCUT2D eigenvalue weighted by molar-refractivity contribution is 7.85. The van der Waals surface area contributed by atoms with Crippen LogP contribution in [0.1, 0.15) is 45.1 Å². The quantitative estimate of drug-likeness (QED) is 0.751. The molecule has 0 amide bonds. The first-order chi connectivity index (χ1) is 11.4. The Morgan fingerprint density at radius 1 is 1.12 bits per heavy atom. The molecule has 1 atom stereocenters. The number of carbonyl (C=O) groups is 1. The van der Waals surface area contributed by atoms with E-state index in [1.165, 1.54) is 0 Å². The molecular weight excluding hydrogens is 318 g/mol. The van der Waals surface area contributed by atoms with Gasteiger partial charge in [-0.05, 0) is 49.3 Å². The predicted molar refractivity (Wildman–Crippen MR) is 103 cm³/mol. The van der Waals surface area contributed by atoms with E-state index in [1.807, 2.05) is 27.9 Å². The average molecular weight is 350 g/mol. The van der Waals surface area contributed by atoms with Gasteiger partial charge in [-0.15, -0.1) is 0 Å². The maximum Gasteiger partial charge on any atom is 0.140 e. The Morgan fingerprint density at radius 2 is 1.71 bits per heavy atom. The smallest absolute Gasteiger partial charge is 0.140 e. The van der Waals surface area contributed by atoms with E-state index in [4.69, 9.17) is 0 Å². The Morgan fingerprint density at radius 3 is 2.21 bits per heavy atom. The van der Waals surface area contributed by atoms with E-state index in [1.54, 1.807) is 0 Å². The Balaban J connectivity index is 1.81. The second-order valence-electron chi connectivity index (χ2n) is 7.52. The third kappa shape index (κ3) is 5.44. The first-order valence-corrected chi connectivity index (χ1v) is 10.4. The molecule has 0 N–H and O–H groups in total. The number of hydrogen-bond acceptors (Lipinski definition) is 3. The molecule has 3 nitrogen and oxygen atoms in total.